The molecular weight excluding hydrogens is 362 g/mol. The molecule has 1 aromatic rings. The predicted molar refractivity (Wildman–Crippen MR) is 106 cm³/mol. The number of rotatable bonds is 6. The third-order valence-electron chi connectivity index (χ3n) is 4.51. The number of carbonyl (C=O) groups is 3. The maximum Gasteiger partial charge on any atom is 0.333 e. The fraction of sp³-hybridized carbons (Fsp3) is 0.667. The number of unbranched alkanes of at least 4 members (excludes halogenated alkanes) is 1. The highest BCUT2D eigenvalue weighted by molar-refractivity contribution is 7.12. The lowest BCUT2D eigenvalue weighted by atomic mass is 9.88. The van der Waals surface area contributed by atoms with Gasteiger partial charge in [-0.1, -0.05) is 41.5 Å². The van der Waals surface area contributed by atoms with Crippen LogP contribution in [0.3, 0.4) is 0 Å². The van der Waals surface area contributed by atoms with Gasteiger partial charge in [-0.2, -0.15) is 0 Å². The van der Waals surface area contributed by atoms with Gasteiger partial charge in [0.2, 0.25) is 0 Å². The highest BCUT2D eigenvalue weighted by atomic mass is 32.1. The Morgan fingerprint density at radius 3 is 2.15 bits per heavy atom. The van der Waals surface area contributed by atoms with Crippen LogP contribution in [0.1, 0.15) is 89.0 Å². The van der Waals surface area contributed by atoms with Crippen LogP contribution in [0, 0.1) is 0 Å². The second-order valence-electron chi connectivity index (χ2n) is 9.22. The molecule has 0 aliphatic carbocycles. The lowest BCUT2D eigenvalue weighted by Crippen LogP contribution is -2.31. The summed E-state index contributed by atoms with van der Waals surface area (Å²) in [5.74, 6) is -1.39. The summed E-state index contributed by atoms with van der Waals surface area (Å²) in [6.45, 7) is 13.4. The Morgan fingerprint density at radius 1 is 1.04 bits per heavy atom. The first kappa shape index (κ1) is 21.6. The molecule has 6 heteroatoms. The largest absolute Gasteiger partial charge is 0.333 e. The van der Waals surface area contributed by atoms with E-state index in [0.717, 1.165) is 12.8 Å². The zero-order chi connectivity index (χ0) is 20.4. The van der Waals surface area contributed by atoms with Crippen molar-refractivity contribution >= 4 is 29.1 Å². The van der Waals surface area contributed by atoms with Crippen LogP contribution in [0.5, 0.6) is 0 Å². The second-order valence-corrected chi connectivity index (χ2v) is 10.3. The van der Waals surface area contributed by atoms with Crippen LogP contribution in [0.15, 0.2) is 6.07 Å². The van der Waals surface area contributed by atoms with Gasteiger partial charge >= 0.3 is 5.97 Å². The van der Waals surface area contributed by atoms with Crippen molar-refractivity contribution in [2.75, 3.05) is 0 Å². The molecule has 0 spiro atoms. The maximum absolute atomic E-state index is 11.9. The normalized spacial score (nSPS) is 15.6. The van der Waals surface area contributed by atoms with Gasteiger partial charge in [-0.25, -0.2) is 4.79 Å². The minimum absolute atomic E-state index is 0.0961. The van der Waals surface area contributed by atoms with E-state index >= 15 is 0 Å². The Bertz CT molecular complexity index is 706. The van der Waals surface area contributed by atoms with Gasteiger partial charge in [0.05, 0.1) is 0 Å². The molecule has 0 saturated carbocycles. The van der Waals surface area contributed by atoms with E-state index in [1.165, 1.54) is 15.3 Å². The third-order valence-corrected chi connectivity index (χ3v) is 6.53. The van der Waals surface area contributed by atoms with E-state index in [9.17, 15) is 14.4 Å². The number of hydrogen-bond donors (Lipinski definition) is 0. The molecule has 150 valence electrons. The molecule has 2 rings (SSSR count). The van der Waals surface area contributed by atoms with Crippen LogP contribution in [-0.4, -0.2) is 22.8 Å². The molecule has 1 aliphatic rings. The van der Waals surface area contributed by atoms with Gasteiger partial charge in [-0.15, -0.1) is 16.4 Å². The number of carbonyl (C=O) groups excluding carboxylic acids is 3. The Morgan fingerprint density at radius 2 is 1.63 bits per heavy atom. The number of hydrogen-bond acceptors (Lipinski definition) is 5. The van der Waals surface area contributed by atoms with E-state index in [1.807, 2.05) is 11.3 Å². The van der Waals surface area contributed by atoms with E-state index in [1.54, 1.807) is 0 Å². The minimum atomic E-state index is -0.518. The van der Waals surface area contributed by atoms with Gasteiger partial charge in [-0.3, -0.25) is 9.59 Å². The monoisotopic (exact) mass is 393 g/mol. The molecule has 0 aromatic carbocycles. The van der Waals surface area contributed by atoms with Crippen molar-refractivity contribution in [1.82, 2.24) is 5.06 Å². The summed E-state index contributed by atoms with van der Waals surface area (Å²) in [6.07, 6.45) is 2.89. The molecule has 1 aromatic heterocycles. The van der Waals surface area contributed by atoms with Crippen molar-refractivity contribution in [2.45, 2.75) is 90.9 Å². The van der Waals surface area contributed by atoms with E-state index in [4.69, 9.17) is 4.84 Å². The molecule has 1 aliphatic heterocycles. The number of aryl methyl sites for hydroxylation is 1. The fourth-order valence-electron chi connectivity index (χ4n) is 3.01. The molecule has 0 radical (unpaired) electrons. The smallest absolute Gasteiger partial charge is 0.330 e. The van der Waals surface area contributed by atoms with Gasteiger partial charge < -0.3 is 4.84 Å². The van der Waals surface area contributed by atoms with Gasteiger partial charge in [0.1, 0.15) is 0 Å². The number of nitrogens with zero attached hydrogens (tertiary/aromatic N) is 1. The summed E-state index contributed by atoms with van der Waals surface area (Å²) in [6, 6.07) is 2.31. The number of thiophene rings is 1. The van der Waals surface area contributed by atoms with Gasteiger partial charge in [0, 0.05) is 29.0 Å². The Balaban J connectivity index is 1.89. The van der Waals surface area contributed by atoms with E-state index < -0.39 is 17.8 Å². The zero-order valence-electron chi connectivity index (χ0n) is 17.3. The molecule has 27 heavy (non-hydrogen) atoms. The number of hydroxylamine groups is 2. The molecule has 5 nitrogen and oxygen atoms in total. The summed E-state index contributed by atoms with van der Waals surface area (Å²) >= 11 is 1.89. The van der Waals surface area contributed by atoms with Crippen molar-refractivity contribution in [3.63, 3.8) is 0 Å². The molecular formula is C21H31NO4S. The molecule has 0 unspecified atom stereocenters. The Kier molecular flexibility index (Phi) is 6.51. The van der Waals surface area contributed by atoms with Crippen molar-refractivity contribution < 1.29 is 19.2 Å². The molecule has 0 atom stereocenters. The Hall–Kier alpha value is -1.69. The lowest BCUT2D eigenvalue weighted by molar-refractivity contribution is -0.197. The van der Waals surface area contributed by atoms with Crippen LogP contribution in [-0.2, 0) is 36.5 Å². The second kappa shape index (κ2) is 8.13. The summed E-state index contributed by atoms with van der Waals surface area (Å²) in [5.41, 5.74) is 1.58. The third kappa shape index (κ3) is 5.64. The summed E-state index contributed by atoms with van der Waals surface area (Å²) in [4.78, 5) is 42.6. The van der Waals surface area contributed by atoms with Gasteiger partial charge in [0.15, 0.2) is 0 Å². The summed E-state index contributed by atoms with van der Waals surface area (Å²) in [5, 5.41) is 0.620. The Labute approximate surface area is 166 Å². The van der Waals surface area contributed by atoms with Crippen molar-refractivity contribution in [1.29, 1.82) is 0 Å². The average molecular weight is 394 g/mol. The van der Waals surface area contributed by atoms with Crippen molar-refractivity contribution in [2.24, 2.45) is 0 Å². The molecule has 1 saturated heterocycles. The first-order valence-electron chi connectivity index (χ1n) is 9.60. The maximum atomic E-state index is 11.9. The van der Waals surface area contributed by atoms with Crippen molar-refractivity contribution in [3.05, 3.63) is 21.4 Å². The summed E-state index contributed by atoms with van der Waals surface area (Å²) < 4.78 is 0. The average Bonchev–Trinajstić information content (AvgIpc) is 3.10. The van der Waals surface area contributed by atoms with E-state index in [-0.39, 0.29) is 30.1 Å². The predicted octanol–water partition coefficient (Wildman–Crippen LogP) is 4.66. The zero-order valence-corrected chi connectivity index (χ0v) is 18.1. The molecule has 2 amide bonds. The lowest BCUT2D eigenvalue weighted by Gasteiger charge is -2.19. The van der Waals surface area contributed by atoms with Crippen LogP contribution in [0.25, 0.3) is 0 Å². The first-order chi connectivity index (χ1) is 12.4. The molecule has 0 bridgehead atoms. The first-order valence-corrected chi connectivity index (χ1v) is 10.4. The van der Waals surface area contributed by atoms with Crippen LogP contribution in [0.4, 0.5) is 0 Å². The topological polar surface area (TPSA) is 63.7 Å². The molecule has 2 heterocycles. The number of amides is 2. The summed E-state index contributed by atoms with van der Waals surface area (Å²) in [7, 11) is 0. The van der Waals surface area contributed by atoms with Crippen LogP contribution in [0.2, 0.25) is 0 Å². The van der Waals surface area contributed by atoms with E-state index in [0.29, 0.717) is 11.5 Å². The van der Waals surface area contributed by atoms with Gasteiger partial charge in [-0.05, 0) is 41.7 Å². The quantitative estimate of drug-likeness (QED) is 0.521. The van der Waals surface area contributed by atoms with Gasteiger partial charge in [0.25, 0.3) is 11.8 Å². The van der Waals surface area contributed by atoms with Crippen molar-refractivity contribution in [3.8, 4) is 0 Å². The molecule has 1 fully saturated rings. The highest BCUT2D eigenvalue weighted by Crippen LogP contribution is 2.39. The number of imide groups is 1. The molecule has 0 N–H and O–H groups in total. The SMILES string of the molecule is CC(C)(C)c1cc(CCCCC(=O)ON2C(=O)CCC2=O)c(C(C)(C)C)s1. The minimum Gasteiger partial charge on any atom is -0.330 e. The fourth-order valence-corrected chi connectivity index (χ4v) is 4.33. The standard InChI is InChI=1S/C21H31NO4S/c1-20(2,3)15-13-14(19(27-15)21(4,5)6)9-7-8-10-18(25)26-22-16(23)11-12-17(22)24/h13H,7-12H2,1-6H3. The van der Waals surface area contributed by atoms with Crippen LogP contribution >= 0.6 is 11.3 Å². The van der Waals surface area contributed by atoms with Crippen LogP contribution < -0.4 is 0 Å². The highest BCUT2D eigenvalue weighted by Gasteiger charge is 2.32. The van der Waals surface area contributed by atoms with E-state index in [2.05, 4.69) is 47.6 Å².